The zero-order valence-electron chi connectivity index (χ0n) is 14.5. The van der Waals surface area contributed by atoms with Gasteiger partial charge in [-0.15, -0.1) is 16.4 Å². The Morgan fingerprint density at radius 1 is 1.40 bits per heavy atom. The molecular weight excluding hydrogens is 388 g/mol. The fourth-order valence-corrected chi connectivity index (χ4v) is 5.58. The van der Waals surface area contributed by atoms with Crippen LogP contribution in [-0.2, 0) is 6.67 Å². The Morgan fingerprint density at radius 2 is 2.16 bits per heavy atom. The number of thiazole rings is 1. The molecule has 0 aliphatic carbocycles. The van der Waals surface area contributed by atoms with Gasteiger partial charge in [0, 0.05) is 5.75 Å². The lowest BCUT2D eigenvalue weighted by Gasteiger charge is -2.19. The second-order valence-electron chi connectivity index (χ2n) is 6.13. The average Bonchev–Trinajstić information content (AvgIpc) is 3.16. The zero-order valence-corrected chi connectivity index (χ0v) is 17.7. The van der Waals surface area contributed by atoms with E-state index in [1.165, 1.54) is 9.60 Å². The van der Waals surface area contributed by atoms with Crippen molar-refractivity contribution in [3.63, 3.8) is 0 Å². The third kappa shape index (κ3) is 4.57. The third-order valence-corrected chi connectivity index (χ3v) is 7.74. The SMILES string of the molecule is C=C(C)CSc1nn(C[NH+](C)[C@@H](C)c2nc3ccccc3s2)c(=S)s1. The maximum atomic E-state index is 5.48. The third-order valence-electron chi connectivity index (χ3n) is 3.85. The maximum Gasteiger partial charge on any atom is 0.185 e. The van der Waals surface area contributed by atoms with E-state index in [1.807, 2.05) is 17.7 Å². The number of nitrogens with one attached hydrogen (secondary N) is 1. The van der Waals surface area contributed by atoms with Crippen LogP contribution in [0.3, 0.4) is 0 Å². The number of fused-ring (bicyclic) bond motifs is 1. The molecule has 2 heterocycles. The van der Waals surface area contributed by atoms with Gasteiger partial charge < -0.3 is 4.90 Å². The van der Waals surface area contributed by atoms with E-state index < -0.39 is 0 Å². The van der Waals surface area contributed by atoms with Gasteiger partial charge in [-0.25, -0.2) is 4.98 Å². The van der Waals surface area contributed by atoms with Crippen molar-refractivity contribution in [1.82, 2.24) is 14.8 Å². The molecule has 3 aromatic rings. The van der Waals surface area contributed by atoms with Crippen LogP contribution in [0.15, 0.2) is 40.8 Å². The predicted octanol–water partition coefficient (Wildman–Crippen LogP) is 4.19. The highest BCUT2D eigenvalue weighted by Gasteiger charge is 2.21. The van der Waals surface area contributed by atoms with E-state index in [1.54, 1.807) is 34.4 Å². The summed E-state index contributed by atoms with van der Waals surface area (Å²) in [5, 5.41) is 5.81. The Bertz CT molecular complexity index is 906. The van der Waals surface area contributed by atoms with Crippen LogP contribution in [0.25, 0.3) is 10.2 Å². The summed E-state index contributed by atoms with van der Waals surface area (Å²) in [4.78, 5) is 6.10. The van der Waals surface area contributed by atoms with E-state index >= 15 is 0 Å². The number of aromatic nitrogens is 3. The van der Waals surface area contributed by atoms with Gasteiger partial charge in [0.15, 0.2) is 20.0 Å². The van der Waals surface area contributed by atoms with Gasteiger partial charge in [0.25, 0.3) is 0 Å². The largest absolute Gasteiger partial charge is 0.311 e. The summed E-state index contributed by atoms with van der Waals surface area (Å²) in [7, 11) is 2.17. The molecule has 0 aliphatic rings. The number of nitrogens with zero attached hydrogens (tertiary/aromatic N) is 3. The molecule has 0 bridgehead atoms. The zero-order chi connectivity index (χ0) is 18.0. The van der Waals surface area contributed by atoms with Crippen molar-refractivity contribution < 1.29 is 4.90 Å². The van der Waals surface area contributed by atoms with Gasteiger partial charge in [-0.05, 0) is 38.2 Å². The molecule has 25 heavy (non-hydrogen) atoms. The lowest BCUT2D eigenvalue weighted by atomic mass is 10.3. The van der Waals surface area contributed by atoms with E-state index in [4.69, 9.17) is 17.2 Å². The topological polar surface area (TPSA) is 35.2 Å². The molecule has 1 unspecified atom stereocenters. The molecule has 0 saturated heterocycles. The average molecular weight is 410 g/mol. The molecule has 1 aromatic carbocycles. The van der Waals surface area contributed by atoms with E-state index in [9.17, 15) is 0 Å². The summed E-state index contributed by atoms with van der Waals surface area (Å²) in [6.45, 7) is 8.91. The number of hydrogen-bond donors (Lipinski definition) is 1. The first-order valence-electron chi connectivity index (χ1n) is 7.97. The van der Waals surface area contributed by atoms with Crippen LogP contribution in [0.5, 0.6) is 0 Å². The van der Waals surface area contributed by atoms with E-state index in [-0.39, 0.29) is 6.04 Å². The molecule has 132 valence electrons. The Balaban J connectivity index is 1.71. The molecule has 0 spiro atoms. The molecule has 4 nitrogen and oxygen atoms in total. The molecule has 0 fully saturated rings. The second-order valence-corrected chi connectivity index (χ2v) is 10.0. The quantitative estimate of drug-likeness (QED) is 0.361. The van der Waals surface area contributed by atoms with Gasteiger partial charge in [0.05, 0.1) is 17.3 Å². The van der Waals surface area contributed by atoms with Crippen molar-refractivity contribution >= 4 is 56.9 Å². The highest BCUT2D eigenvalue weighted by Crippen LogP contribution is 2.25. The number of thioether (sulfide) groups is 1. The first kappa shape index (κ1) is 18.7. The molecule has 0 saturated carbocycles. The van der Waals surface area contributed by atoms with E-state index in [0.717, 1.165) is 36.8 Å². The van der Waals surface area contributed by atoms with Crippen LogP contribution in [0.1, 0.15) is 24.9 Å². The van der Waals surface area contributed by atoms with Crippen LogP contribution in [0.4, 0.5) is 0 Å². The van der Waals surface area contributed by atoms with Crippen LogP contribution in [0, 0.1) is 3.95 Å². The number of quaternary nitrogens is 1. The predicted molar refractivity (Wildman–Crippen MR) is 111 cm³/mol. The van der Waals surface area contributed by atoms with Crippen molar-refractivity contribution in [3.8, 4) is 0 Å². The Labute approximate surface area is 165 Å². The summed E-state index contributed by atoms with van der Waals surface area (Å²) in [5.41, 5.74) is 2.22. The minimum absolute atomic E-state index is 0.285. The molecule has 0 aliphatic heterocycles. The molecule has 2 atom stereocenters. The number of rotatable bonds is 7. The minimum Gasteiger partial charge on any atom is -0.311 e. The van der Waals surface area contributed by atoms with Crippen molar-refractivity contribution in [1.29, 1.82) is 0 Å². The van der Waals surface area contributed by atoms with Gasteiger partial charge in [-0.3, -0.25) is 0 Å². The molecule has 2 aromatic heterocycles. The summed E-state index contributed by atoms with van der Waals surface area (Å²) >= 11 is 10.5. The fraction of sp³-hybridized carbons (Fsp3) is 0.353. The Hall–Kier alpha value is -1.06. The van der Waals surface area contributed by atoms with Gasteiger partial charge in [0.2, 0.25) is 0 Å². The number of benzene rings is 1. The number of hydrogen-bond acceptors (Lipinski definition) is 6. The summed E-state index contributed by atoms with van der Waals surface area (Å²) in [5.74, 6) is 0.882. The van der Waals surface area contributed by atoms with Crippen molar-refractivity contribution in [2.45, 2.75) is 30.9 Å². The maximum absolute atomic E-state index is 5.48. The Kier molecular flexibility index (Phi) is 6.06. The van der Waals surface area contributed by atoms with E-state index in [2.05, 4.69) is 43.8 Å². The van der Waals surface area contributed by atoms with Crippen molar-refractivity contribution in [3.05, 3.63) is 45.4 Å². The molecule has 0 amide bonds. The van der Waals surface area contributed by atoms with Crippen LogP contribution in [-0.4, -0.2) is 27.6 Å². The molecule has 3 rings (SSSR count). The van der Waals surface area contributed by atoms with Gasteiger partial charge in [-0.2, -0.15) is 4.68 Å². The van der Waals surface area contributed by atoms with E-state index in [0.29, 0.717) is 0 Å². The Morgan fingerprint density at radius 3 is 2.88 bits per heavy atom. The monoisotopic (exact) mass is 409 g/mol. The summed E-state index contributed by atoms with van der Waals surface area (Å²) in [6, 6.07) is 8.57. The standard InChI is InChI=1S/C17H20N4S4/c1-11(2)9-23-16-19-21(17(22)25-16)10-20(4)12(3)15-18-13-7-5-6-8-14(13)24-15/h5-8,12H,1,9-10H2,2-4H3/p+1/t12-/m0/s1. The molecule has 8 heteroatoms. The lowest BCUT2D eigenvalue weighted by Crippen LogP contribution is -3.08. The second kappa shape index (κ2) is 8.09. The minimum atomic E-state index is 0.285. The smallest absolute Gasteiger partial charge is 0.185 e. The van der Waals surface area contributed by atoms with Gasteiger partial charge in [-0.1, -0.05) is 47.4 Å². The van der Waals surface area contributed by atoms with Crippen LogP contribution in [0.2, 0.25) is 0 Å². The number of para-hydroxylation sites is 1. The lowest BCUT2D eigenvalue weighted by molar-refractivity contribution is -0.933. The molecular formula is C17H21N4S4+. The van der Waals surface area contributed by atoms with Gasteiger partial charge in [0.1, 0.15) is 6.04 Å². The first-order chi connectivity index (χ1) is 11.9. The molecule has 1 N–H and O–H groups in total. The normalized spacial score (nSPS) is 13.9. The fourth-order valence-electron chi connectivity index (χ4n) is 2.29. The summed E-state index contributed by atoms with van der Waals surface area (Å²) < 4.78 is 4.99. The van der Waals surface area contributed by atoms with Crippen LogP contribution >= 0.6 is 46.7 Å². The highest BCUT2D eigenvalue weighted by molar-refractivity contribution is 8.01. The summed E-state index contributed by atoms with van der Waals surface area (Å²) in [6.07, 6.45) is 0. The molecule has 0 radical (unpaired) electrons. The first-order valence-corrected chi connectivity index (χ1v) is 11.0. The van der Waals surface area contributed by atoms with Crippen molar-refractivity contribution in [2.24, 2.45) is 0 Å². The van der Waals surface area contributed by atoms with Gasteiger partial charge >= 0.3 is 0 Å². The van der Waals surface area contributed by atoms with Crippen molar-refractivity contribution in [2.75, 3.05) is 12.8 Å². The van der Waals surface area contributed by atoms with Crippen LogP contribution < -0.4 is 4.90 Å². The highest BCUT2D eigenvalue weighted by atomic mass is 32.2.